The molecule has 3 rings (SSSR count). The number of amides is 1. The average Bonchev–Trinajstić information content (AvgIpc) is 3.05. The topological polar surface area (TPSA) is 127 Å². The molecule has 11 heteroatoms. The molecule has 0 saturated carbocycles. The quantitative estimate of drug-likeness (QED) is 0.408. The van der Waals surface area contributed by atoms with E-state index in [9.17, 15) is 18.3 Å². The van der Waals surface area contributed by atoms with Gasteiger partial charge in [-0.1, -0.05) is 11.3 Å². The van der Waals surface area contributed by atoms with Crippen LogP contribution in [0.15, 0.2) is 47.4 Å². The Balaban J connectivity index is 1.71. The third kappa shape index (κ3) is 7.31. The lowest BCUT2D eigenvalue weighted by Crippen LogP contribution is -2.29. The van der Waals surface area contributed by atoms with E-state index in [0.29, 0.717) is 27.6 Å². The van der Waals surface area contributed by atoms with E-state index < -0.39 is 27.4 Å². The first-order valence-electron chi connectivity index (χ1n) is 10.1. The minimum absolute atomic E-state index is 0.00649. The van der Waals surface area contributed by atoms with Gasteiger partial charge in [0.2, 0.25) is 0 Å². The van der Waals surface area contributed by atoms with Crippen LogP contribution in [-0.4, -0.2) is 42.3 Å². The minimum Gasteiger partial charge on any atom is -0.444 e. The molecule has 1 amide bonds. The number of ether oxygens (including phenoxy) is 1. The molecule has 3 aromatic rings. The van der Waals surface area contributed by atoms with Gasteiger partial charge in [-0.15, -0.1) is 0 Å². The fourth-order valence-corrected chi connectivity index (χ4v) is 4.44. The molecule has 178 valence electrons. The van der Waals surface area contributed by atoms with Gasteiger partial charge in [-0.05, 0) is 71.0 Å². The molecule has 0 unspecified atom stereocenters. The van der Waals surface area contributed by atoms with Crippen molar-refractivity contribution in [2.24, 2.45) is 0 Å². The van der Waals surface area contributed by atoms with Crippen molar-refractivity contribution in [2.45, 2.75) is 50.7 Å². The van der Waals surface area contributed by atoms with Gasteiger partial charge in [0.15, 0.2) is 5.13 Å². The van der Waals surface area contributed by atoms with Gasteiger partial charge < -0.3 is 19.3 Å². The summed E-state index contributed by atoms with van der Waals surface area (Å²) in [7, 11) is -4.06. The highest BCUT2D eigenvalue weighted by molar-refractivity contribution is 7.87. The molecule has 0 fully saturated rings. The summed E-state index contributed by atoms with van der Waals surface area (Å²) in [6.07, 6.45) is -0.624. The zero-order chi connectivity index (χ0) is 24.4. The maximum absolute atomic E-state index is 12.7. The van der Waals surface area contributed by atoms with E-state index in [2.05, 4.69) is 15.6 Å². The van der Waals surface area contributed by atoms with Crippen LogP contribution in [-0.2, 0) is 14.9 Å². The first-order chi connectivity index (χ1) is 15.2. The third-order valence-electron chi connectivity index (χ3n) is 4.04. The van der Waals surface area contributed by atoms with E-state index in [1.54, 1.807) is 58.9 Å². The number of thiazole rings is 1. The molecule has 0 aliphatic heterocycles. The van der Waals surface area contributed by atoms with E-state index in [1.165, 1.54) is 29.5 Å². The normalized spacial score (nSPS) is 12.4. The summed E-state index contributed by atoms with van der Waals surface area (Å²) in [5.41, 5.74) is -0.282. The molecule has 3 N–H and O–H groups in total. The van der Waals surface area contributed by atoms with Gasteiger partial charge in [0.1, 0.15) is 16.2 Å². The lowest BCUT2D eigenvalue weighted by atomic mass is 10.1. The number of hydrogen-bond acceptors (Lipinski definition) is 9. The SMILES string of the molecule is CC(C)(O)CNc1ccc(S(=O)(=O)Oc2ccc3nc(NC(=O)OC(C)(C)C)sc3c2)cc1. The van der Waals surface area contributed by atoms with Crippen LogP contribution >= 0.6 is 11.3 Å². The predicted molar refractivity (Wildman–Crippen MR) is 129 cm³/mol. The second-order valence-electron chi connectivity index (χ2n) is 9.00. The number of carbonyl (C=O) groups is 1. The highest BCUT2D eigenvalue weighted by Crippen LogP contribution is 2.31. The van der Waals surface area contributed by atoms with E-state index in [4.69, 9.17) is 8.92 Å². The summed E-state index contributed by atoms with van der Waals surface area (Å²) < 4.78 is 36.5. The van der Waals surface area contributed by atoms with Crippen LogP contribution in [0.1, 0.15) is 34.6 Å². The Morgan fingerprint density at radius 2 is 1.76 bits per heavy atom. The van der Waals surface area contributed by atoms with Crippen molar-refractivity contribution in [3.8, 4) is 5.75 Å². The zero-order valence-electron chi connectivity index (χ0n) is 19.0. The maximum Gasteiger partial charge on any atom is 0.413 e. The standard InChI is InChI=1S/C22H27N3O6S2/c1-21(2,3)30-20(26)25-19-24-17-11-8-15(12-18(17)32-19)31-33(28,29)16-9-6-14(7-10-16)23-13-22(4,5)27/h6-12,23,27H,13H2,1-5H3,(H,24,25,26). The lowest BCUT2D eigenvalue weighted by molar-refractivity contribution is 0.0635. The molecule has 33 heavy (non-hydrogen) atoms. The van der Waals surface area contributed by atoms with Crippen molar-refractivity contribution in [3.63, 3.8) is 0 Å². The third-order valence-corrected chi connectivity index (χ3v) is 6.24. The number of hydrogen-bond donors (Lipinski definition) is 3. The van der Waals surface area contributed by atoms with Crippen molar-refractivity contribution in [1.29, 1.82) is 0 Å². The van der Waals surface area contributed by atoms with Gasteiger partial charge in [0, 0.05) is 18.3 Å². The molecular formula is C22H27N3O6S2. The van der Waals surface area contributed by atoms with Crippen LogP contribution in [0, 0.1) is 0 Å². The number of nitrogens with zero attached hydrogens (tertiary/aromatic N) is 1. The highest BCUT2D eigenvalue weighted by atomic mass is 32.2. The van der Waals surface area contributed by atoms with Crippen molar-refractivity contribution < 1.29 is 27.2 Å². The van der Waals surface area contributed by atoms with Crippen molar-refractivity contribution >= 4 is 48.6 Å². The molecule has 0 radical (unpaired) electrons. The Morgan fingerprint density at radius 1 is 1.09 bits per heavy atom. The number of aliphatic hydroxyl groups is 1. The van der Waals surface area contributed by atoms with Gasteiger partial charge in [-0.2, -0.15) is 8.42 Å². The lowest BCUT2D eigenvalue weighted by Gasteiger charge is -2.18. The molecular weight excluding hydrogens is 466 g/mol. The first kappa shape index (κ1) is 24.7. The second kappa shape index (κ2) is 9.16. The summed E-state index contributed by atoms with van der Waals surface area (Å²) in [6, 6.07) is 10.7. The molecule has 1 aromatic heterocycles. The number of nitrogens with one attached hydrogen (secondary N) is 2. The van der Waals surface area contributed by atoms with Crippen molar-refractivity contribution in [1.82, 2.24) is 4.98 Å². The van der Waals surface area contributed by atoms with Crippen LogP contribution in [0.5, 0.6) is 5.75 Å². The molecule has 2 aromatic carbocycles. The minimum atomic E-state index is -4.06. The van der Waals surface area contributed by atoms with Gasteiger partial charge >= 0.3 is 16.2 Å². The van der Waals surface area contributed by atoms with Crippen molar-refractivity contribution in [2.75, 3.05) is 17.2 Å². The summed E-state index contributed by atoms with van der Waals surface area (Å²) in [5, 5.41) is 15.7. The fraction of sp³-hybridized carbons (Fsp3) is 0.364. The number of rotatable bonds is 7. The molecule has 0 saturated heterocycles. The van der Waals surface area contributed by atoms with Crippen LogP contribution in [0.2, 0.25) is 0 Å². The Kier molecular flexibility index (Phi) is 6.87. The van der Waals surface area contributed by atoms with Crippen molar-refractivity contribution in [3.05, 3.63) is 42.5 Å². The number of anilines is 2. The first-order valence-corrected chi connectivity index (χ1v) is 12.3. The molecule has 9 nitrogen and oxygen atoms in total. The van der Waals surface area contributed by atoms with Crippen LogP contribution in [0.25, 0.3) is 10.2 Å². The maximum atomic E-state index is 12.7. The summed E-state index contributed by atoms with van der Waals surface area (Å²) in [4.78, 5) is 16.2. The smallest absolute Gasteiger partial charge is 0.413 e. The molecule has 0 aliphatic carbocycles. The number of aromatic nitrogens is 1. The Labute approximate surface area is 196 Å². The van der Waals surface area contributed by atoms with Gasteiger partial charge in [-0.25, -0.2) is 9.78 Å². The second-order valence-corrected chi connectivity index (χ2v) is 11.6. The summed E-state index contributed by atoms with van der Waals surface area (Å²) in [5.74, 6) is 0.124. The largest absolute Gasteiger partial charge is 0.444 e. The van der Waals surface area contributed by atoms with Gasteiger partial charge in [-0.3, -0.25) is 5.32 Å². The Hall–Kier alpha value is -2.89. The number of benzene rings is 2. The Morgan fingerprint density at radius 3 is 2.36 bits per heavy atom. The zero-order valence-corrected chi connectivity index (χ0v) is 20.6. The molecule has 0 bridgehead atoms. The van der Waals surface area contributed by atoms with Crippen LogP contribution in [0.4, 0.5) is 15.6 Å². The molecule has 0 spiro atoms. The van der Waals surface area contributed by atoms with Crippen LogP contribution < -0.4 is 14.8 Å². The monoisotopic (exact) mass is 493 g/mol. The highest BCUT2D eigenvalue weighted by Gasteiger charge is 2.20. The van der Waals surface area contributed by atoms with Crippen LogP contribution in [0.3, 0.4) is 0 Å². The van der Waals surface area contributed by atoms with E-state index in [1.807, 2.05) is 0 Å². The summed E-state index contributed by atoms with van der Waals surface area (Å²) >= 11 is 1.17. The van der Waals surface area contributed by atoms with E-state index in [0.717, 1.165) is 0 Å². The van der Waals surface area contributed by atoms with Gasteiger partial charge in [0.05, 0.1) is 15.8 Å². The number of carbonyl (C=O) groups excluding carboxylic acids is 1. The summed E-state index contributed by atoms with van der Waals surface area (Å²) in [6.45, 7) is 8.93. The average molecular weight is 494 g/mol. The van der Waals surface area contributed by atoms with E-state index in [-0.39, 0.29) is 10.6 Å². The molecule has 0 atom stereocenters. The van der Waals surface area contributed by atoms with Gasteiger partial charge in [0.25, 0.3) is 0 Å². The number of fused-ring (bicyclic) bond motifs is 1. The predicted octanol–water partition coefficient (Wildman–Crippen LogP) is 4.59. The Bertz CT molecular complexity index is 1240. The molecule has 1 heterocycles. The van der Waals surface area contributed by atoms with E-state index >= 15 is 0 Å². The molecule has 0 aliphatic rings. The fourth-order valence-electron chi connectivity index (χ4n) is 2.63.